The second-order valence-corrected chi connectivity index (χ2v) is 7.60. The van der Waals surface area contributed by atoms with Crippen LogP contribution in [0.3, 0.4) is 0 Å². The molecule has 2 aliphatic carbocycles. The summed E-state index contributed by atoms with van der Waals surface area (Å²) < 4.78 is 30.7. The van der Waals surface area contributed by atoms with Crippen molar-refractivity contribution < 1.29 is 13.5 Å². The van der Waals surface area contributed by atoms with E-state index in [-0.39, 0.29) is 5.92 Å². The zero-order valence-corrected chi connectivity index (χ0v) is 14.7. The van der Waals surface area contributed by atoms with Gasteiger partial charge in [0.2, 0.25) is 0 Å². The summed E-state index contributed by atoms with van der Waals surface area (Å²) in [5.74, 6) is 1.71. The maximum atomic E-state index is 12.3. The Morgan fingerprint density at radius 2 is 1.48 bits per heavy atom. The largest absolute Gasteiger partial charge is 0.378 e. The minimum absolute atomic E-state index is 0.124. The number of hydrogen-bond acceptors (Lipinski definition) is 1. The molecule has 0 amide bonds. The van der Waals surface area contributed by atoms with Crippen molar-refractivity contribution >= 4 is 0 Å². The molecular weight excluding hydrogens is 294 g/mol. The van der Waals surface area contributed by atoms with Crippen LogP contribution < -0.4 is 0 Å². The molecule has 2 aliphatic rings. The van der Waals surface area contributed by atoms with Crippen LogP contribution in [0.2, 0.25) is 0 Å². The van der Waals surface area contributed by atoms with Gasteiger partial charge >= 0.3 is 0 Å². The Morgan fingerprint density at radius 3 is 2.04 bits per heavy atom. The Balaban J connectivity index is 1.59. The van der Waals surface area contributed by atoms with Crippen molar-refractivity contribution in [3.8, 4) is 0 Å². The third kappa shape index (κ3) is 6.91. The first-order valence-electron chi connectivity index (χ1n) is 9.83. The van der Waals surface area contributed by atoms with E-state index in [0.717, 1.165) is 44.1 Å². The fourth-order valence-electron chi connectivity index (χ4n) is 4.47. The molecule has 1 nitrogen and oxygen atoms in total. The SMILES string of the molecule is CCCCCCO[C@H]1CC[C@H]([C@H]2CC[C@H](C=C(F)F)CC2)CC1. The van der Waals surface area contributed by atoms with E-state index in [2.05, 4.69) is 6.92 Å². The van der Waals surface area contributed by atoms with Crippen LogP contribution in [0.25, 0.3) is 0 Å². The Bertz CT molecular complexity index is 336. The van der Waals surface area contributed by atoms with Crippen molar-refractivity contribution in [2.24, 2.45) is 17.8 Å². The molecule has 0 aliphatic heterocycles. The van der Waals surface area contributed by atoms with Crippen LogP contribution in [0.5, 0.6) is 0 Å². The molecule has 0 radical (unpaired) electrons. The number of allylic oxidation sites excluding steroid dienone is 1. The summed E-state index contributed by atoms with van der Waals surface area (Å²) in [6, 6.07) is 0. The van der Waals surface area contributed by atoms with E-state index >= 15 is 0 Å². The molecule has 0 aromatic rings. The zero-order chi connectivity index (χ0) is 16.5. The zero-order valence-electron chi connectivity index (χ0n) is 14.7. The van der Waals surface area contributed by atoms with Gasteiger partial charge in [-0.3, -0.25) is 0 Å². The standard InChI is InChI=1S/C20H34F2O/c1-2-3-4-5-14-23-19-12-10-18(11-13-19)17-8-6-16(7-9-17)15-20(21)22/h15-19H,2-14H2,1H3/t16-,17-,18-,19-. The van der Waals surface area contributed by atoms with Crippen LogP contribution in [0.1, 0.15) is 84.0 Å². The van der Waals surface area contributed by atoms with Crippen molar-refractivity contribution in [3.63, 3.8) is 0 Å². The van der Waals surface area contributed by atoms with Gasteiger partial charge in [-0.15, -0.1) is 0 Å². The Kier molecular flexibility index (Phi) is 8.57. The lowest BCUT2D eigenvalue weighted by Gasteiger charge is -2.37. The highest BCUT2D eigenvalue weighted by Crippen LogP contribution is 2.41. The normalized spacial score (nSPS) is 31.8. The van der Waals surface area contributed by atoms with Crippen LogP contribution in [0.4, 0.5) is 8.78 Å². The van der Waals surface area contributed by atoms with Gasteiger partial charge < -0.3 is 4.74 Å². The van der Waals surface area contributed by atoms with Crippen LogP contribution in [-0.2, 0) is 4.74 Å². The fraction of sp³-hybridized carbons (Fsp3) is 0.900. The summed E-state index contributed by atoms with van der Waals surface area (Å²) in [6.07, 6.45) is 14.4. The highest BCUT2D eigenvalue weighted by atomic mass is 19.3. The first-order chi connectivity index (χ1) is 11.2. The van der Waals surface area contributed by atoms with Crippen molar-refractivity contribution in [3.05, 3.63) is 12.2 Å². The topological polar surface area (TPSA) is 9.23 Å². The lowest BCUT2D eigenvalue weighted by molar-refractivity contribution is 0.00593. The average Bonchev–Trinajstić information content (AvgIpc) is 2.55. The van der Waals surface area contributed by atoms with E-state index in [9.17, 15) is 8.78 Å². The minimum Gasteiger partial charge on any atom is -0.378 e. The molecule has 3 heteroatoms. The molecule has 0 heterocycles. The molecule has 23 heavy (non-hydrogen) atoms. The molecule has 0 bridgehead atoms. The summed E-state index contributed by atoms with van der Waals surface area (Å²) in [6.45, 7) is 3.17. The van der Waals surface area contributed by atoms with E-state index in [1.165, 1.54) is 57.4 Å². The van der Waals surface area contributed by atoms with Crippen LogP contribution in [0, 0.1) is 17.8 Å². The Labute approximate surface area is 140 Å². The van der Waals surface area contributed by atoms with E-state index in [1.807, 2.05) is 0 Å². The Morgan fingerprint density at radius 1 is 0.870 bits per heavy atom. The third-order valence-corrected chi connectivity index (χ3v) is 5.92. The smallest absolute Gasteiger partial charge is 0.266 e. The van der Waals surface area contributed by atoms with Crippen molar-refractivity contribution in [2.45, 2.75) is 90.1 Å². The number of hydrogen-bond donors (Lipinski definition) is 0. The van der Waals surface area contributed by atoms with Crippen LogP contribution in [-0.4, -0.2) is 12.7 Å². The summed E-state index contributed by atoms with van der Waals surface area (Å²) in [5, 5.41) is 0. The molecule has 0 aromatic heterocycles. The van der Waals surface area contributed by atoms with Gasteiger partial charge in [-0.05, 0) is 81.6 Å². The number of unbranched alkanes of at least 4 members (excludes halogenated alkanes) is 3. The Hall–Kier alpha value is -0.440. The van der Waals surface area contributed by atoms with Gasteiger partial charge in [-0.25, -0.2) is 0 Å². The maximum absolute atomic E-state index is 12.3. The van der Waals surface area contributed by atoms with Gasteiger partial charge in [0, 0.05) is 6.61 Å². The van der Waals surface area contributed by atoms with Gasteiger partial charge in [0.05, 0.1) is 6.10 Å². The highest BCUT2D eigenvalue weighted by Gasteiger charge is 2.30. The number of ether oxygens (including phenoxy) is 1. The van der Waals surface area contributed by atoms with Gasteiger partial charge in [0.1, 0.15) is 0 Å². The quantitative estimate of drug-likeness (QED) is 0.449. The molecule has 0 N–H and O–H groups in total. The van der Waals surface area contributed by atoms with Crippen LogP contribution in [0.15, 0.2) is 12.2 Å². The molecule has 0 unspecified atom stereocenters. The van der Waals surface area contributed by atoms with Crippen LogP contribution >= 0.6 is 0 Å². The first kappa shape index (κ1) is 18.9. The molecule has 0 saturated heterocycles. The predicted octanol–water partition coefficient (Wildman–Crippen LogP) is 6.73. The average molecular weight is 328 g/mol. The highest BCUT2D eigenvalue weighted by molar-refractivity contribution is 4.92. The number of rotatable bonds is 8. The van der Waals surface area contributed by atoms with E-state index in [4.69, 9.17) is 4.74 Å². The summed E-state index contributed by atoms with van der Waals surface area (Å²) in [5.41, 5.74) is 0. The second kappa shape index (κ2) is 10.4. The van der Waals surface area contributed by atoms with Crippen molar-refractivity contribution in [1.82, 2.24) is 0 Å². The first-order valence-corrected chi connectivity index (χ1v) is 9.83. The molecule has 0 spiro atoms. The molecular formula is C20H34F2O. The fourth-order valence-corrected chi connectivity index (χ4v) is 4.47. The maximum Gasteiger partial charge on any atom is 0.266 e. The van der Waals surface area contributed by atoms with Crippen molar-refractivity contribution in [1.29, 1.82) is 0 Å². The van der Waals surface area contributed by atoms with Gasteiger partial charge in [-0.2, -0.15) is 8.78 Å². The molecule has 0 atom stereocenters. The molecule has 2 saturated carbocycles. The summed E-state index contributed by atoms with van der Waals surface area (Å²) in [7, 11) is 0. The van der Waals surface area contributed by atoms with Gasteiger partial charge in [0.25, 0.3) is 6.08 Å². The minimum atomic E-state index is -1.50. The molecule has 134 valence electrons. The van der Waals surface area contributed by atoms with E-state index in [1.54, 1.807) is 0 Å². The summed E-state index contributed by atoms with van der Waals surface area (Å²) >= 11 is 0. The van der Waals surface area contributed by atoms with E-state index in [0.29, 0.717) is 6.10 Å². The molecule has 2 fully saturated rings. The second-order valence-electron chi connectivity index (χ2n) is 7.60. The monoisotopic (exact) mass is 328 g/mol. The molecule has 0 aromatic carbocycles. The van der Waals surface area contributed by atoms with Gasteiger partial charge in [0.15, 0.2) is 0 Å². The lowest BCUT2D eigenvalue weighted by Crippen LogP contribution is -2.28. The van der Waals surface area contributed by atoms with Gasteiger partial charge in [-0.1, -0.05) is 26.2 Å². The van der Waals surface area contributed by atoms with E-state index < -0.39 is 6.08 Å². The molecule has 2 rings (SSSR count). The number of halogens is 2. The lowest BCUT2D eigenvalue weighted by atomic mass is 9.70. The third-order valence-electron chi connectivity index (χ3n) is 5.92. The predicted molar refractivity (Wildman–Crippen MR) is 91.6 cm³/mol. The van der Waals surface area contributed by atoms with Crippen molar-refractivity contribution in [2.75, 3.05) is 6.61 Å². The summed E-state index contributed by atoms with van der Waals surface area (Å²) in [4.78, 5) is 0.